The van der Waals surface area contributed by atoms with E-state index in [1.165, 1.54) is 75.1 Å². The molecule has 0 aliphatic rings. The normalized spacial score (nSPS) is 10.5. The minimum absolute atomic E-state index is 0.826. The summed E-state index contributed by atoms with van der Waals surface area (Å²) in [5, 5.41) is 15.3. The maximum absolute atomic E-state index is 4.93. The van der Waals surface area contributed by atoms with Crippen LogP contribution in [-0.2, 0) is 20.8 Å². The molecule has 2 aromatic heterocycles. The Kier molecular flexibility index (Phi) is 11.9. The van der Waals surface area contributed by atoms with Gasteiger partial charge in [0.1, 0.15) is 0 Å². The Morgan fingerprint density at radius 3 is 1.36 bits per heavy atom. The van der Waals surface area contributed by atoms with Gasteiger partial charge in [0.25, 0.3) is 0 Å². The van der Waals surface area contributed by atoms with Crippen LogP contribution in [0.25, 0.3) is 64.0 Å². The Labute approximate surface area is 289 Å². The first-order chi connectivity index (χ1) is 21.5. The van der Waals surface area contributed by atoms with E-state index in [4.69, 9.17) is 17.0 Å². The molecule has 0 fully saturated rings. The molecule has 0 aliphatic carbocycles. The predicted molar refractivity (Wildman–Crippen MR) is 199 cm³/mol. The van der Waals surface area contributed by atoms with Crippen LogP contribution in [0.4, 0.5) is 0 Å². The van der Waals surface area contributed by atoms with Crippen molar-refractivity contribution in [2.75, 3.05) is 0 Å². The van der Waals surface area contributed by atoms with E-state index in [1.54, 1.807) is 0 Å². The van der Waals surface area contributed by atoms with Crippen molar-refractivity contribution >= 4 is 92.3 Å². The van der Waals surface area contributed by atoms with Crippen molar-refractivity contribution < 1.29 is 20.8 Å². The maximum atomic E-state index is 4.93. The predicted octanol–water partition coefficient (Wildman–Crippen LogP) is 13.7. The standard InChI is InChI=1S/2C18H13S.C2H6Si.2ClH.Zr/c2*1-12-9-13-6-4-8-16(17(13)10-12)18-15-7-3-2-5-14(15)11-19-18;1-3-2;;;/h2*2-11H,1H3;1-2H3;2*1H;/q2*-1;;;;+4/p-2. The molecule has 0 aliphatic heterocycles. The van der Waals surface area contributed by atoms with Crippen molar-refractivity contribution in [3.63, 3.8) is 0 Å². The van der Waals surface area contributed by atoms with Gasteiger partial charge in [-0.1, -0.05) is 98.7 Å². The molecular weight excluding hydrogens is 711 g/mol. The van der Waals surface area contributed by atoms with Gasteiger partial charge >= 0.3 is 37.9 Å². The number of hydrogen-bond donors (Lipinski definition) is 0. The van der Waals surface area contributed by atoms with Crippen LogP contribution in [0.3, 0.4) is 0 Å². The second-order valence-corrected chi connectivity index (χ2v) is 17.0. The third-order valence-electron chi connectivity index (χ3n) is 7.30. The fourth-order valence-corrected chi connectivity index (χ4v) is 7.70. The molecule has 0 atom stereocenters. The third-order valence-corrected chi connectivity index (χ3v) is 9.39. The third kappa shape index (κ3) is 7.39. The molecule has 44 heavy (non-hydrogen) atoms. The number of aryl methyl sites for hydroxylation is 2. The molecule has 2 heterocycles. The molecular formula is C38H32Cl2S2SiZr. The van der Waals surface area contributed by atoms with Gasteiger partial charge in [-0.05, 0) is 32.3 Å². The summed E-state index contributed by atoms with van der Waals surface area (Å²) in [5.74, 6) is 0. The molecule has 8 aromatic rings. The van der Waals surface area contributed by atoms with E-state index in [0.29, 0.717) is 0 Å². The zero-order valence-corrected chi connectivity index (χ0v) is 31.7. The van der Waals surface area contributed by atoms with Crippen LogP contribution in [0.1, 0.15) is 11.1 Å². The van der Waals surface area contributed by atoms with E-state index in [2.05, 4.69) is 147 Å². The summed E-state index contributed by atoms with van der Waals surface area (Å²) >= 11 is 2.85. The number of thiophene rings is 2. The van der Waals surface area contributed by atoms with Gasteiger partial charge in [-0.15, -0.1) is 91.7 Å². The summed E-state index contributed by atoms with van der Waals surface area (Å²) < 4.78 is 0. The fraction of sp³-hybridized carbons (Fsp3) is 0.105. The van der Waals surface area contributed by atoms with Gasteiger partial charge in [0, 0.05) is 19.3 Å². The zero-order chi connectivity index (χ0) is 31.1. The van der Waals surface area contributed by atoms with Gasteiger partial charge < -0.3 is 0 Å². The SMILES string of the molecule is C[Si]C.Cc1cc2c(-c3scc4ccccc34)cccc2[cH-]1.Cc1cc2c(-c3scc4ccccc34)cccc2[cH-]1.[Cl][Zr+2][Cl]. The fourth-order valence-electron chi connectivity index (χ4n) is 5.57. The average molecular weight is 743 g/mol. The molecule has 0 amide bonds. The van der Waals surface area contributed by atoms with Crippen LogP contribution in [0.15, 0.2) is 120 Å². The number of fused-ring (bicyclic) bond motifs is 4. The number of rotatable bonds is 2. The van der Waals surface area contributed by atoms with Gasteiger partial charge in [-0.2, -0.15) is 12.1 Å². The van der Waals surface area contributed by atoms with Crippen LogP contribution in [0.5, 0.6) is 0 Å². The zero-order valence-electron chi connectivity index (χ0n) is 25.1. The molecule has 0 N–H and O–H groups in total. The van der Waals surface area contributed by atoms with Crippen molar-refractivity contribution in [1.82, 2.24) is 0 Å². The molecule has 2 radical (unpaired) electrons. The van der Waals surface area contributed by atoms with Crippen molar-refractivity contribution in [2.24, 2.45) is 0 Å². The molecule has 6 aromatic carbocycles. The summed E-state index contributed by atoms with van der Waals surface area (Å²) in [6.07, 6.45) is 0. The van der Waals surface area contributed by atoms with Crippen molar-refractivity contribution in [3.8, 4) is 20.9 Å². The van der Waals surface area contributed by atoms with E-state index in [-0.39, 0.29) is 0 Å². The second kappa shape index (κ2) is 15.8. The van der Waals surface area contributed by atoms with Gasteiger partial charge in [0.15, 0.2) is 0 Å². The molecule has 8 rings (SSSR count). The summed E-state index contributed by atoms with van der Waals surface area (Å²) in [5.41, 5.74) is 5.39. The van der Waals surface area contributed by atoms with Gasteiger partial charge in [-0.3, -0.25) is 0 Å². The Balaban J connectivity index is 0.000000149. The van der Waals surface area contributed by atoms with Crippen molar-refractivity contribution in [3.05, 3.63) is 131 Å². The number of hydrogen-bond acceptors (Lipinski definition) is 2. The molecule has 0 spiro atoms. The van der Waals surface area contributed by atoms with Gasteiger partial charge in [0.2, 0.25) is 0 Å². The summed E-state index contributed by atoms with van der Waals surface area (Å²) in [6, 6.07) is 39.5. The van der Waals surface area contributed by atoms with Crippen LogP contribution >= 0.6 is 39.7 Å². The Morgan fingerprint density at radius 1 is 0.568 bits per heavy atom. The Morgan fingerprint density at radius 2 is 0.955 bits per heavy atom. The second-order valence-electron chi connectivity index (χ2n) is 10.6. The van der Waals surface area contributed by atoms with Crippen LogP contribution in [-0.4, -0.2) is 9.52 Å². The monoisotopic (exact) mass is 740 g/mol. The van der Waals surface area contributed by atoms with Crippen molar-refractivity contribution in [2.45, 2.75) is 26.9 Å². The summed E-state index contributed by atoms with van der Waals surface area (Å²) in [4.78, 5) is 2.76. The van der Waals surface area contributed by atoms with Crippen LogP contribution in [0, 0.1) is 13.8 Å². The summed E-state index contributed by atoms with van der Waals surface area (Å²) in [7, 11) is 11.0. The van der Waals surface area contributed by atoms with Crippen LogP contribution < -0.4 is 0 Å². The molecule has 0 saturated heterocycles. The number of halogens is 2. The van der Waals surface area contributed by atoms with Crippen LogP contribution in [0.2, 0.25) is 13.1 Å². The van der Waals surface area contributed by atoms with E-state index in [1.807, 2.05) is 22.7 Å². The van der Waals surface area contributed by atoms with E-state index >= 15 is 0 Å². The Bertz CT molecular complexity index is 1960. The first-order valence-corrected chi connectivity index (χ1v) is 24.4. The molecule has 218 valence electrons. The molecule has 0 nitrogen and oxygen atoms in total. The first-order valence-electron chi connectivity index (χ1n) is 14.3. The summed E-state index contributed by atoms with van der Waals surface area (Å²) in [6.45, 7) is 8.63. The average Bonchev–Trinajstić information content (AvgIpc) is 3.81. The van der Waals surface area contributed by atoms with E-state index < -0.39 is 20.8 Å². The molecule has 6 heteroatoms. The van der Waals surface area contributed by atoms with E-state index in [0.717, 1.165) is 9.52 Å². The Hall–Kier alpha value is -2.30. The molecule has 0 unspecified atom stereocenters. The molecule has 0 saturated carbocycles. The van der Waals surface area contributed by atoms with Gasteiger partial charge in [-0.25, -0.2) is 0 Å². The van der Waals surface area contributed by atoms with E-state index in [9.17, 15) is 0 Å². The molecule has 0 bridgehead atoms. The topological polar surface area (TPSA) is 0 Å². The number of benzene rings is 4. The van der Waals surface area contributed by atoms with Crippen molar-refractivity contribution in [1.29, 1.82) is 0 Å². The van der Waals surface area contributed by atoms with Gasteiger partial charge in [0.05, 0.1) is 0 Å². The minimum atomic E-state index is -0.826. The first kappa shape index (κ1) is 33.1. The quantitative estimate of drug-likeness (QED) is 0.122.